The minimum atomic E-state index is -0.0806. The quantitative estimate of drug-likeness (QED) is 0.630. The molecule has 1 aliphatic rings. The number of hydrogen-bond donors (Lipinski definition) is 0. The molecule has 1 aromatic carbocycles. The predicted molar refractivity (Wildman–Crippen MR) is 104 cm³/mol. The molecule has 0 saturated carbocycles. The highest BCUT2D eigenvalue weighted by atomic mass is 35.5. The first-order chi connectivity index (χ1) is 12.5. The Morgan fingerprint density at radius 3 is 2.54 bits per heavy atom. The first kappa shape index (κ1) is 17.0. The molecule has 0 atom stereocenters. The maximum Gasteiger partial charge on any atom is 0.276 e. The molecule has 132 valence electrons. The van der Waals surface area contributed by atoms with Crippen molar-refractivity contribution < 1.29 is 0 Å². The zero-order valence-electron chi connectivity index (χ0n) is 14.9. The fourth-order valence-corrected chi connectivity index (χ4v) is 3.86. The average molecular weight is 366 g/mol. The largest absolute Gasteiger partial charge is 0.276 e. The molecular weight excluding hydrogens is 346 g/mol. The number of pyridine rings is 1. The van der Waals surface area contributed by atoms with E-state index in [-0.39, 0.29) is 5.56 Å². The van der Waals surface area contributed by atoms with Gasteiger partial charge < -0.3 is 0 Å². The molecule has 0 spiro atoms. The monoisotopic (exact) mass is 365 g/mol. The number of aryl methyl sites for hydroxylation is 2. The van der Waals surface area contributed by atoms with Gasteiger partial charge in [-0.25, -0.2) is 4.98 Å². The molecule has 0 fully saturated rings. The third-order valence-electron chi connectivity index (χ3n) is 4.96. The lowest BCUT2D eigenvalue weighted by Gasteiger charge is -2.21. The van der Waals surface area contributed by atoms with Gasteiger partial charge in [0.15, 0.2) is 5.82 Å². The van der Waals surface area contributed by atoms with Crippen LogP contribution in [0.15, 0.2) is 41.2 Å². The van der Waals surface area contributed by atoms with E-state index in [9.17, 15) is 4.79 Å². The van der Waals surface area contributed by atoms with E-state index in [1.165, 1.54) is 10.2 Å². The van der Waals surface area contributed by atoms with Crippen LogP contribution in [0.2, 0.25) is 5.15 Å². The zero-order valence-corrected chi connectivity index (χ0v) is 15.7. The summed E-state index contributed by atoms with van der Waals surface area (Å²) in [5.41, 5.74) is 6.21. The first-order valence-electron chi connectivity index (χ1n) is 8.90. The zero-order chi connectivity index (χ0) is 18.3. The normalized spacial score (nSPS) is 13.5. The standard InChI is InChI=1S/C21H20ClN3O/c1-13-10-11-15(14(2)12-13)20-16-6-3-4-7-17(16)21(26)25(24-20)19-9-5-8-18(22)23-19/h5,8-12H,3-4,6-7H2,1-2H3. The Labute approximate surface area is 157 Å². The molecule has 0 saturated heterocycles. The number of fused-ring (bicyclic) bond motifs is 1. The van der Waals surface area contributed by atoms with Gasteiger partial charge in [-0.15, -0.1) is 0 Å². The van der Waals surface area contributed by atoms with Crippen molar-refractivity contribution in [3.8, 4) is 17.1 Å². The summed E-state index contributed by atoms with van der Waals surface area (Å²) in [7, 11) is 0. The van der Waals surface area contributed by atoms with E-state index in [0.717, 1.165) is 53.6 Å². The summed E-state index contributed by atoms with van der Waals surface area (Å²) in [5.74, 6) is 0.460. The van der Waals surface area contributed by atoms with Gasteiger partial charge in [0, 0.05) is 11.1 Å². The lowest BCUT2D eigenvalue weighted by atomic mass is 9.88. The van der Waals surface area contributed by atoms with Crippen molar-refractivity contribution >= 4 is 11.6 Å². The molecule has 5 heteroatoms. The summed E-state index contributed by atoms with van der Waals surface area (Å²) < 4.78 is 1.41. The Morgan fingerprint density at radius 1 is 1.04 bits per heavy atom. The SMILES string of the molecule is Cc1ccc(-c2nn(-c3cccc(Cl)n3)c(=O)c3c2CCCC3)c(C)c1. The predicted octanol–water partition coefficient (Wildman–Crippen LogP) is 4.44. The molecule has 0 bridgehead atoms. The number of aromatic nitrogens is 3. The summed E-state index contributed by atoms with van der Waals surface area (Å²) >= 11 is 6.04. The van der Waals surface area contributed by atoms with Crippen LogP contribution in [0.25, 0.3) is 17.1 Å². The Hall–Kier alpha value is -2.46. The van der Waals surface area contributed by atoms with Crippen LogP contribution in [-0.4, -0.2) is 14.8 Å². The molecule has 26 heavy (non-hydrogen) atoms. The highest BCUT2D eigenvalue weighted by molar-refractivity contribution is 6.29. The minimum Gasteiger partial charge on any atom is -0.267 e. The maximum absolute atomic E-state index is 13.1. The van der Waals surface area contributed by atoms with Crippen LogP contribution < -0.4 is 5.56 Å². The molecule has 0 unspecified atom stereocenters. The van der Waals surface area contributed by atoms with Crippen LogP contribution in [0, 0.1) is 13.8 Å². The van der Waals surface area contributed by atoms with Crippen molar-refractivity contribution in [3.63, 3.8) is 0 Å². The highest BCUT2D eigenvalue weighted by Crippen LogP contribution is 2.31. The summed E-state index contributed by atoms with van der Waals surface area (Å²) in [6.07, 6.45) is 3.80. The molecule has 4 rings (SSSR count). The first-order valence-corrected chi connectivity index (χ1v) is 9.28. The van der Waals surface area contributed by atoms with Gasteiger partial charge in [0.05, 0.1) is 5.69 Å². The van der Waals surface area contributed by atoms with Crippen LogP contribution in [0.4, 0.5) is 0 Å². The fourth-order valence-electron chi connectivity index (χ4n) is 3.70. The number of halogens is 1. The van der Waals surface area contributed by atoms with Gasteiger partial charge in [0.1, 0.15) is 5.15 Å². The van der Waals surface area contributed by atoms with Gasteiger partial charge in [-0.1, -0.05) is 41.4 Å². The van der Waals surface area contributed by atoms with Crippen LogP contribution >= 0.6 is 11.6 Å². The molecule has 1 aliphatic carbocycles. The van der Waals surface area contributed by atoms with E-state index < -0.39 is 0 Å². The van der Waals surface area contributed by atoms with Gasteiger partial charge in [0.2, 0.25) is 0 Å². The lowest BCUT2D eigenvalue weighted by Crippen LogP contribution is -2.30. The molecule has 2 aromatic heterocycles. The van der Waals surface area contributed by atoms with Gasteiger partial charge in [-0.2, -0.15) is 9.78 Å². The summed E-state index contributed by atoms with van der Waals surface area (Å²) in [4.78, 5) is 17.4. The van der Waals surface area contributed by atoms with E-state index >= 15 is 0 Å². The van der Waals surface area contributed by atoms with Crippen LogP contribution in [0.3, 0.4) is 0 Å². The molecule has 2 heterocycles. The lowest BCUT2D eigenvalue weighted by molar-refractivity contribution is 0.649. The van der Waals surface area contributed by atoms with Crippen molar-refractivity contribution in [2.24, 2.45) is 0 Å². The summed E-state index contributed by atoms with van der Waals surface area (Å²) in [6.45, 7) is 4.17. The number of hydrogen-bond acceptors (Lipinski definition) is 3. The van der Waals surface area contributed by atoms with Gasteiger partial charge >= 0.3 is 0 Å². The van der Waals surface area contributed by atoms with Crippen molar-refractivity contribution in [3.05, 3.63) is 74.2 Å². The minimum absolute atomic E-state index is 0.0806. The number of nitrogens with zero attached hydrogens (tertiary/aromatic N) is 3. The summed E-state index contributed by atoms with van der Waals surface area (Å²) in [6, 6.07) is 11.6. The Kier molecular flexibility index (Phi) is 4.37. The van der Waals surface area contributed by atoms with Crippen molar-refractivity contribution in [1.29, 1.82) is 0 Å². The number of rotatable bonds is 2. The van der Waals surface area contributed by atoms with Crippen molar-refractivity contribution in [2.75, 3.05) is 0 Å². The molecule has 0 N–H and O–H groups in total. The van der Waals surface area contributed by atoms with E-state index in [1.807, 2.05) is 0 Å². The van der Waals surface area contributed by atoms with E-state index in [2.05, 4.69) is 37.0 Å². The van der Waals surface area contributed by atoms with Crippen molar-refractivity contribution in [1.82, 2.24) is 14.8 Å². The average Bonchev–Trinajstić information content (AvgIpc) is 2.63. The Morgan fingerprint density at radius 2 is 1.81 bits per heavy atom. The topological polar surface area (TPSA) is 47.8 Å². The summed E-state index contributed by atoms with van der Waals surface area (Å²) in [5, 5.41) is 5.09. The van der Waals surface area contributed by atoms with Gasteiger partial charge in [-0.3, -0.25) is 4.79 Å². The third-order valence-corrected chi connectivity index (χ3v) is 5.17. The van der Waals surface area contributed by atoms with E-state index in [1.54, 1.807) is 18.2 Å². The Balaban J connectivity index is 2.02. The molecule has 4 nitrogen and oxygen atoms in total. The molecule has 0 amide bonds. The van der Waals surface area contributed by atoms with Gasteiger partial charge in [0.25, 0.3) is 5.56 Å². The molecule has 3 aromatic rings. The molecular formula is C21H20ClN3O. The number of benzene rings is 1. The molecule has 0 radical (unpaired) electrons. The van der Waals surface area contributed by atoms with E-state index in [4.69, 9.17) is 16.7 Å². The molecule has 0 aliphatic heterocycles. The Bertz CT molecular complexity index is 1060. The third kappa shape index (κ3) is 2.95. The van der Waals surface area contributed by atoms with Crippen LogP contribution in [-0.2, 0) is 12.8 Å². The van der Waals surface area contributed by atoms with Crippen LogP contribution in [0.5, 0.6) is 0 Å². The fraction of sp³-hybridized carbons (Fsp3) is 0.286. The van der Waals surface area contributed by atoms with Crippen molar-refractivity contribution in [2.45, 2.75) is 39.5 Å². The van der Waals surface area contributed by atoms with Crippen LogP contribution in [0.1, 0.15) is 35.1 Å². The second kappa shape index (κ2) is 6.69. The smallest absolute Gasteiger partial charge is 0.267 e. The van der Waals surface area contributed by atoms with E-state index in [0.29, 0.717) is 11.0 Å². The second-order valence-corrected chi connectivity index (χ2v) is 7.25. The second-order valence-electron chi connectivity index (χ2n) is 6.87. The maximum atomic E-state index is 13.1. The highest BCUT2D eigenvalue weighted by Gasteiger charge is 2.23. The van der Waals surface area contributed by atoms with Gasteiger partial charge in [-0.05, 0) is 62.8 Å².